The van der Waals surface area contributed by atoms with Gasteiger partial charge in [-0.25, -0.2) is 0 Å². The summed E-state index contributed by atoms with van der Waals surface area (Å²) in [5.41, 5.74) is -0.292. The second-order valence-corrected chi connectivity index (χ2v) is 48.5. The zero-order chi connectivity index (χ0) is 94.5. The maximum absolute atomic E-state index is 5.88. The minimum atomic E-state index is -0.0386. The molecule has 24 heteroatoms. The first-order valence-electron chi connectivity index (χ1n) is 51.4. The van der Waals surface area contributed by atoms with Crippen LogP contribution in [0.1, 0.15) is 381 Å². The Labute approximate surface area is 779 Å². The summed E-state index contributed by atoms with van der Waals surface area (Å²) in [6, 6.07) is 1.92. The van der Waals surface area contributed by atoms with Crippen molar-refractivity contribution >= 4 is 53.5 Å². The fourth-order valence-electron chi connectivity index (χ4n) is 24.1. The molecule has 3 aromatic heterocycles. The van der Waals surface area contributed by atoms with Gasteiger partial charge < -0.3 is 44.1 Å². The highest BCUT2D eigenvalue weighted by Gasteiger charge is 2.52. The Hall–Kier alpha value is -5.01. The lowest BCUT2D eigenvalue weighted by Crippen LogP contribution is -2.63. The number of hydrogen-bond acceptors (Lipinski definition) is 24. The minimum absolute atomic E-state index is 0.0106. The van der Waals surface area contributed by atoms with Crippen LogP contribution in [0.2, 0.25) is 0 Å². The first kappa shape index (κ1) is 106. The molecule has 0 amide bonds. The lowest BCUT2D eigenvalue weighted by Gasteiger charge is -2.56. The molecule has 6 fully saturated rings. The second kappa shape index (κ2) is 42.3. The van der Waals surface area contributed by atoms with Crippen molar-refractivity contribution in [1.82, 2.24) is 74.3 Å². The summed E-state index contributed by atoms with van der Waals surface area (Å²) in [4.78, 5) is 91.1. The number of likely N-dealkylation sites (tertiary alicyclic amines) is 6. The van der Waals surface area contributed by atoms with Crippen molar-refractivity contribution in [2.75, 3.05) is 166 Å². The Morgan fingerprint density at radius 3 is 0.630 bits per heavy atom. The Morgan fingerprint density at radius 1 is 0.252 bits per heavy atom. The lowest BCUT2D eigenvalue weighted by molar-refractivity contribution is -0.0135. The normalized spacial score (nSPS) is 23.8. The third-order valence-corrected chi connectivity index (χ3v) is 33.7. The van der Waals surface area contributed by atoms with E-state index in [-0.39, 0.29) is 103 Å². The predicted molar refractivity (Wildman–Crippen MR) is 544 cm³/mol. The van der Waals surface area contributed by atoms with Crippen molar-refractivity contribution in [3.63, 3.8) is 0 Å². The van der Waals surface area contributed by atoms with E-state index in [0.717, 1.165) is 292 Å². The van der Waals surface area contributed by atoms with Crippen molar-refractivity contribution in [2.24, 2.45) is 5.92 Å². The average Bonchev–Trinajstić information content (AvgIpc) is 0.769. The molecule has 0 aliphatic carbocycles. The minimum Gasteiger partial charge on any atom is -0.344 e. The van der Waals surface area contributed by atoms with Gasteiger partial charge in [0, 0.05) is 183 Å². The summed E-state index contributed by atoms with van der Waals surface area (Å²) in [6.07, 6.45) is 29.0. The van der Waals surface area contributed by atoms with Gasteiger partial charge >= 0.3 is 0 Å². The van der Waals surface area contributed by atoms with Gasteiger partial charge in [-0.15, -0.1) is 0 Å². The third-order valence-electron chi connectivity index (χ3n) is 33.7. The lowest BCUT2D eigenvalue weighted by atomic mass is 9.77. The Kier molecular flexibility index (Phi) is 35.2. The average molecular weight is 1770 g/mol. The van der Waals surface area contributed by atoms with Crippen molar-refractivity contribution < 1.29 is 0 Å². The van der Waals surface area contributed by atoms with Gasteiger partial charge in [-0.3, -0.25) is 29.4 Å². The molecule has 127 heavy (non-hydrogen) atoms. The quantitative estimate of drug-likeness (QED) is 0.0525. The smallest absolute Gasteiger partial charge is 0.232 e. The Balaban J connectivity index is 1.18. The number of unbranched alkanes of at least 4 members (excludes halogenated alkanes) is 6. The first-order valence-corrected chi connectivity index (χ1v) is 51.4. The highest BCUT2D eigenvalue weighted by molar-refractivity contribution is 5.52. The summed E-state index contributed by atoms with van der Waals surface area (Å²) in [7, 11) is 20.8. The topological polar surface area (TPSA) is 165 Å². The molecular weight excluding hydrogens is 1570 g/mol. The summed E-state index contributed by atoms with van der Waals surface area (Å²) >= 11 is 0. The van der Waals surface area contributed by atoms with Crippen LogP contribution in [0.15, 0.2) is 0 Å². The molecule has 3 atom stereocenters. The largest absolute Gasteiger partial charge is 0.344 e. The van der Waals surface area contributed by atoms with Crippen molar-refractivity contribution in [3.05, 3.63) is 0 Å². The van der Waals surface area contributed by atoms with Gasteiger partial charge in [0.1, 0.15) is 0 Å². The van der Waals surface area contributed by atoms with Crippen LogP contribution in [-0.4, -0.2) is 300 Å². The fourth-order valence-corrected chi connectivity index (χ4v) is 24.1. The van der Waals surface area contributed by atoms with E-state index in [1.165, 1.54) is 0 Å². The number of hydrogen-bond donors (Lipinski definition) is 0. The number of anilines is 9. The Bertz CT molecular complexity index is 3670. The van der Waals surface area contributed by atoms with Gasteiger partial charge in [0.25, 0.3) is 0 Å². The van der Waals surface area contributed by atoms with Gasteiger partial charge in [-0.1, -0.05) is 80.1 Å². The van der Waals surface area contributed by atoms with E-state index in [4.69, 9.17) is 44.9 Å². The maximum atomic E-state index is 5.88. The fraction of sp³-hybridized carbons (Fsp3) is 0.913. The highest BCUT2D eigenvalue weighted by Crippen LogP contribution is 2.48. The van der Waals surface area contributed by atoms with Gasteiger partial charge in [-0.2, -0.15) is 44.9 Å². The first-order chi connectivity index (χ1) is 59.0. The standard InChI is InChI=1S/C103H196N24/c1-39-45-57-122(78-63-76(7)116(33)93(8,9)64-78)87-104-84(105-88(110-87)123(58-46-40-2)79-65-94(10,11)117(34)95(12,13)66-79)113(30)55-51-53-77(75-115(32)86-108-91(126(61-49-43-5)82-71-100(22,23)120(37)101(24,25)72-82)112-92(109-86)127(62-50-44-6)83-73-102(26,27)121(38)103(28,29)74-83)54-52-56-114(31)85-106-89(124(59-47-41-3)80-67-96(14,15)118(35)97(16,17)68-80)111-90(107-85)125(60-48-42-4)81-69-98(18,19)119(36)99(20,21)70-81/h76-83H,39-75H2,1-38H3. The van der Waals surface area contributed by atoms with Gasteiger partial charge in [-0.05, 0) is 349 Å². The summed E-state index contributed by atoms with van der Waals surface area (Å²) in [5, 5.41) is 0. The zero-order valence-electron chi connectivity index (χ0n) is 89.5. The van der Waals surface area contributed by atoms with E-state index in [1.54, 1.807) is 0 Å². The molecule has 728 valence electrons. The van der Waals surface area contributed by atoms with Crippen LogP contribution < -0.4 is 44.1 Å². The van der Waals surface area contributed by atoms with Crippen LogP contribution in [0.5, 0.6) is 0 Å². The second-order valence-electron chi connectivity index (χ2n) is 48.5. The van der Waals surface area contributed by atoms with Gasteiger partial charge in [0.2, 0.25) is 53.5 Å². The summed E-state index contributed by atoms with van der Waals surface area (Å²) in [5.74, 6) is 7.53. The molecule has 0 N–H and O–H groups in total. The van der Waals surface area contributed by atoms with Crippen LogP contribution in [0.4, 0.5) is 53.5 Å². The molecule has 9 heterocycles. The molecule has 9 rings (SSSR count). The van der Waals surface area contributed by atoms with Crippen molar-refractivity contribution in [2.45, 2.75) is 484 Å². The number of aromatic nitrogens is 9. The summed E-state index contributed by atoms with van der Waals surface area (Å²) < 4.78 is 0. The molecule has 0 saturated carbocycles. The molecule has 24 nitrogen and oxygen atoms in total. The van der Waals surface area contributed by atoms with E-state index in [2.05, 4.69) is 338 Å². The number of rotatable bonds is 43. The third kappa shape index (κ3) is 25.3. The molecule has 6 aliphatic heterocycles. The highest BCUT2D eigenvalue weighted by atomic mass is 15.5. The molecular formula is C103H196N24. The number of piperidine rings is 6. The Morgan fingerprint density at radius 2 is 0.433 bits per heavy atom. The molecule has 0 spiro atoms. The molecule has 0 bridgehead atoms. The van der Waals surface area contributed by atoms with Crippen molar-refractivity contribution in [3.8, 4) is 0 Å². The molecule has 6 saturated heterocycles. The van der Waals surface area contributed by atoms with Gasteiger partial charge in [0.15, 0.2) is 0 Å². The molecule has 0 aromatic carbocycles. The maximum Gasteiger partial charge on any atom is 0.232 e. The van der Waals surface area contributed by atoms with Crippen LogP contribution in [0.25, 0.3) is 0 Å². The van der Waals surface area contributed by atoms with E-state index < -0.39 is 0 Å². The molecule has 3 aromatic rings. The zero-order valence-corrected chi connectivity index (χ0v) is 89.5. The van der Waals surface area contributed by atoms with Gasteiger partial charge in [0.05, 0.1) is 0 Å². The van der Waals surface area contributed by atoms with Crippen molar-refractivity contribution in [1.29, 1.82) is 0 Å². The molecule has 3 unspecified atom stereocenters. The summed E-state index contributed by atoms with van der Waals surface area (Å²) in [6.45, 7) is 77.8. The van der Waals surface area contributed by atoms with Crippen LogP contribution >= 0.6 is 0 Å². The monoisotopic (exact) mass is 1770 g/mol. The van der Waals surface area contributed by atoms with Crippen LogP contribution in [0.3, 0.4) is 0 Å². The SMILES string of the molecule is CCCCN(c1nc(N(C)CCCC(CCCN(C)c2nc(N(CCCC)C3CC(C)(C)N(C)C(C)(C)C3)nc(N(CCCC)C3CC(C)(C)N(C)C(C)(C)C3)n2)CN(C)c2nc(N(CCCC)C3CC(C)(C)N(C)C(C)(C)C3)nc(N(CCCC)C3CC(C)(C)N(C)C(C)(C)C3)n2)nc(N(CCCC)C2CC(C)(C)N(C)C(C)(C)C2)n1)C1CC(C)N(C)C(C)(C)C1. The van der Waals surface area contributed by atoms with E-state index in [1.807, 2.05) is 0 Å². The molecule has 0 radical (unpaired) electrons. The van der Waals surface area contributed by atoms with Crippen LogP contribution in [0, 0.1) is 5.92 Å². The number of nitrogens with zero attached hydrogens (tertiary/aromatic N) is 24. The van der Waals surface area contributed by atoms with E-state index in [0.29, 0.717) is 6.04 Å². The predicted octanol–water partition coefficient (Wildman–Crippen LogP) is 20.3. The van der Waals surface area contributed by atoms with E-state index >= 15 is 0 Å². The van der Waals surface area contributed by atoms with E-state index in [9.17, 15) is 0 Å². The van der Waals surface area contributed by atoms with Crippen LogP contribution in [-0.2, 0) is 0 Å². The molecule has 6 aliphatic rings.